The van der Waals surface area contributed by atoms with E-state index in [2.05, 4.69) is 21.6 Å². The van der Waals surface area contributed by atoms with Gasteiger partial charge in [-0.25, -0.2) is 9.07 Å². The molecule has 1 fully saturated rings. The van der Waals surface area contributed by atoms with Crippen molar-refractivity contribution in [2.45, 2.75) is 19.6 Å². The average molecular weight is 486 g/mol. The fourth-order valence-electron chi connectivity index (χ4n) is 3.97. The maximum Gasteiger partial charge on any atom is 0.269 e. The van der Waals surface area contributed by atoms with Gasteiger partial charge in [-0.15, -0.1) is 0 Å². The van der Waals surface area contributed by atoms with E-state index < -0.39 is 0 Å². The third-order valence-electron chi connectivity index (χ3n) is 6.23. The summed E-state index contributed by atoms with van der Waals surface area (Å²) in [5, 5.41) is 15.7. The molecule has 34 heavy (non-hydrogen) atoms. The number of hydrogen-bond acceptors (Lipinski definition) is 7. The van der Waals surface area contributed by atoms with Crippen LogP contribution in [0.4, 0.5) is 15.8 Å². The molecule has 1 atom stereocenters. The largest absolute Gasteiger partial charge is 0.369 e. The van der Waals surface area contributed by atoms with Crippen molar-refractivity contribution < 1.29 is 9.31 Å². The van der Waals surface area contributed by atoms with Crippen LogP contribution in [-0.2, 0) is 6.67 Å². The first-order chi connectivity index (χ1) is 16.2. The Bertz CT molecular complexity index is 1200. The summed E-state index contributed by atoms with van der Waals surface area (Å²) >= 11 is 5.79. The van der Waals surface area contributed by atoms with Crippen molar-refractivity contribution in [3.8, 4) is 5.69 Å². The second kappa shape index (κ2) is 10.00. The second-order valence-corrected chi connectivity index (χ2v) is 8.98. The van der Waals surface area contributed by atoms with Gasteiger partial charge >= 0.3 is 0 Å². The Morgan fingerprint density at radius 1 is 1.06 bits per heavy atom. The number of anilines is 1. The molecule has 2 aromatic carbocycles. The van der Waals surface area contributed by atoms with Crippen LogP contribution in [0.2, 0.25) is 0 Å². The van der Waals surface area contributed by atoms with Crippen molar-refractivity contribution in [2.24, 2.45) is 0 Å². The van der Waals surface area contributed by atoms with Crippen molar-refractivity contribution in [2.75, 3.05) is 45.2 Å². The Morgan fingerprint density at radius 3 is 2.21 bits per heavy atom. The predicted octanol–water partition coefficient (Wildman–Crippen LogP) is 3.85. The molecule has 0 spiro atoms. The predicted molar refractivity (Wildman–Crippen MR) is 131 cm³/mol. The number of nitro benzene ring substituents is 1. The van der Waals surface area contributed by atoms with Gasteiger partial charge in [0.05, 0.1) is 17.6 Å². The quantitative estimate of drug-likeness (QED) is 0.286. The lowest BCUT2D eigenvalue weighted by Crippen LogP contribution is -2.47. The lowest BCUT2D eigenvalue weighted by atomic mass is 10.2. The molecule has 9 nitrogen and oxygen atoms in total. The number of piperazine rings is 1. The van der Waals surface area contributed by atoms with Crippen molar-refractivity contribution in [1.82, 2.24) is 24.1 Å². The molecular formula is C23H28FN7O2S. The number of hydrogen-bond donors (Lipinski definition) is 0. The fourth-order valence-corrected chi connectivity index (χ4v) is 4.27. The van der Waals surface area contributed by atoms with Gasteiger partial charge in [-0.05, 0) is 69.6 Å². The Labute approximate surface area is 202 Å². The number of rotatable bonds is 7. The van der Waals surface area contributed by atoms with Gasteiger partial charge in [0.2, 0.25) is 4.77 Å². The van der Waals surface area contributed by atoms with Gasteiger partial charge in [0.15, 0.2) is 5.82 Å². The summed E-state index contributed by atoms with van der Waals surface area (Å²) in [5.74, 6) is 0.502. The molecule has 2 heterocycles. The topological polar surface area (TPSA) is 75.6 Å². The zero-order valence-electron chi connectivity index (χ0n) is 19.5. The monoisotopic (exact) mass is 485 g/mol. The highest BCUT2D eigenvalue weighted by Crippen LogP contribution is 2.23. The van der Waals surface area contributed by atoms with Gasteiger partial charge in [-0.3, -0.25) is 24.5 Å². The van der Waals surface area contributed by atoms with Gasteiger partial charge in [0, 0.05) is 49.7 Å². The number of nitrogens with zero attached hydrogens (tertiary/aromatic N) is 7. The van der Waals surface area contributed by atoms with E-state index in [-0.39, 0.29) is 22.5 Å². The van der Waals surface area contributed by atoms with E-state index in [1.54, 1.807) is 24.3 Å². The van der Waals surface area contributed by atoms with E-state index in [9.17, 15) is 14.5 Å². The zero-order valence-corrected chi connectivity index (χ0v) is 20.3. The number of aromatic nitrogens is 3. The van der Waals surface area contributed by atoms with E-state index in [1.165, 1.54) is 24.3 Å². The van der Waals surface area contributed by atoms with Crippen LogP contribution in [0.5, 0.6) is 0 Å². The molecule has 11 heteroatoms. The first kappa shape index (κ1) is 24.0. The highest BCUT2D eigenvalue weighted by molar-refractivity contribution is 7.71. The molecule has 3 aromatic rings. The van der Waals surface area contributed by atoms with E-state index in [1.807, 2.05) is 23.3 Å². The van der Waals surface area contributed by atoms with E-state index >= 15 is 0 Å². The van der Waals surface area contributed by atoms with Gasteiger partial charge in [0.1, 0.15) is 5.82 Å². The molecule has 4 rings (SSSR count). The third kappa shape index (κ3) is 5.01. The first-order valence-electron chi connectivity index (χ1n) is 11.1. The molecule has 1 aliphatic heterocycles. The van der Waals surface area contributed by atoms with Crippen LogP contribution in [0.25, 0.3) is 5.69 Å². The smallest absolute Gasteiger partial charge is 0.269 e. The lowest BCUT2D eigenvalue weighted by molar-refractivity contribution is -0.384. The Morgan fingerprint density at radius 2 is 1.65 bits per heavy atom. The van der Waals surface area contributed by atoms with E-state index in [0.717, 1.165) is 43.4 Å². The molecule has 0 bridgehead atoms. The Hall–Kier alpha value is -3.15. The summed E-state index contributed by atoms with van der Waals surface area (Å²) in [6.45, 7) is 5.82. The van der Waals surface area contributed by atoms with Crippen molar-refractivity contribution in [3.63, 3.8) is 0 Å². The first-order valence-corrected chi connectivity index (χ1v) is 11.5. The van der Waals surface area contributed by atoms with Crippen molar-refractivity contribution >= 4 is 23.6 Å². The van der Waals surface area contributed by atoms with Gasteiger partial charge in [-0.1, -0.05) is 0 Å². The van der Waals surface area contributed by atoms with Crippen LogP contribution >= 0.6 is 12.2 Å². The number of non-ortho nitro benzene ring substituents is 1. The minimum absolute atomic E-state index is 0.00647. The lowest BCUT2D eigenvalue weighted by Gasteiger charge is -2.35. The van der Waals surface area contributed by atoms with Gasteiger partial charge in [-0.2, -0.15) is 5.10 Å². The van der Waals surface area contributed by atoms with Crippen molar-refractivity contribution in [3.05, 3.63) is 75.1 Å². The zero-order chi connectivity index (χ0) is 24.4. The van der Waals surface area contributed by atoms with Gasteiger partial charge < -0.3 is 4.90 Å². The van der Waals surface area contributed by atoms with Crippen LogP contribution in [0, 0.1) is 20.7 Å². The standard InChI is InChI=1S/C23H28FN7O2S/c1-17(26(2)3)22-25-29(23(34)30(22)20-6-4-18(24)5-7-20)16-27-12-14-28(15-13-27)19-8-10-21(11-9-19)31(32)33/h4-11,17H,12-16H2,1-3H3. The molecule has 1 saturated heterocycles. The highest BCUT2D eigenvalue weighted by Gasteiger charge is 2.23. The SMILES string of the molecule is CC(c1nn(CN2CCN(c3ccc([N+](=O)[O-])cc3)CC2)c(=S)n1-c1ccc(F)cc1)N(C)C. The Balaban J connectivity index is 1.51. The fraction of sp³-hybridized carbons (Fsp3) is 0.391. The normalized spacial score (nSPS) is 15.6. The maximum atomic E-state index is 13.5. The molecule has 1 unspecified atom stereocenters. The van der Waals surface area contributed by atoms with Crippen LogP contribution in [0.3, 0.4) is 0 Å². The van der Waals surface area contributed by atoms with Crippen LogP contribution in [0.15, 0.2) is 48.5 Å². The van der Waals surface area contributed by atoms with Crippen LogP contribution < -0.4 is 4.90 Å². The minimum Gasteiger partial charge on any atom is -0.369 e. The molecule has 1 aromatic heterocycles. The summed E-state index contributed by atoms with van der Waals surface area (Å²) in [6.07, 6.45) is 0. The summed E-state index contributed by atoms with van der Waals surface area (Å²) in [4.78, 5) is 17.1. The summed E-state index contributed by atoms with van der Waals surface area (Å²) < 4.78 is 17.8. The number of nitro groups is 1. The molecule has 1 aliphatic rings. The number of halogens is 1. The molecule has 0 radical (unpaired) electrons. The summed E-state index contributed by atoms with van der Waals surface area (Å²) in [6, 6.07) is 13.0. The number of benzene rings is 2. The molecule has 0 saturated carbocycles. The highest BCUT2D eigenvalue weighted by atomic mass is 32.1. The van der Waals surface area contributed by atoms with E-state index in [0.29, 0.717) is 11.4 Å². The molecule has 180 valence electrons. The van der Waals surface area contributed by atoms with Crippen LogP contribution in [-0.4, -0.2) is 69.3 Å². The second-order valence-electron chi connectivity index (χ2n) is 8.61. The molecule has 0 amide bonds. The van der Waals surface area contributed by atoms with E-state index in [4.69, 9.17) is 17.3 Å². The van der Waals surface area contributed by atoms with Crippen LogP contribution in [0.1, 0.15) is 18.8 Å². The average Bonchev–Trinajstić information content (AvgIpc) is 3.15. The molecule has 0 aliphatic carbocycles. The molecular weight excluding hydrogens is 457 g/mol. The Kier molecular flexibility index (Phi) is 7.05. The summed E-state index contributed by atoms with van der Waals surface area (Å²) in [5.41, 5.74) is 1.85. The van der Waals surface area contributed by atoms with Gasteiger partial charge in [0.25, 0.3) is 5.69 Å². The minimum atomic E-state index is -0.387. The molecule has 0 N–H and O–H groups in total. The van der Waals surface area contributed by atoms with Crippen molar-refractivity contribution in [1.29, 1.82) is 0 Å². The maximum absolute atomic E-state index is 13.5. The third-order valence-corrected chi connectivity index (χ3v) is 6.62. The summed E-state index contributed by atoms with van der Waals surface area (Å²) in [7, 11) is 3.97.